The number of amides is 1. The Morgan fingerprint density at radius 1 is 1.27 bits per heavy atom. The van der Waals surface area contributed by atoms with Crippen molar-refractivity contribution in [3.8, 4) is 0 Å². The second kappa shape index (κ2) is 7.88. The first-order valence-electron chi connectivity index (χ1n) is 5.07. The summed E-state index contributed by atoms with van der Waals surface area (Å²) in [7, 11) is 6.52. The second-order valence-electron chi connectivity index (χ2n) is 4.76. The monoisotopic (exact) mass is 278 g/mol. The number of nitrogens with zero attached hydrogens (tertiary/aromatic N) is 1. The van der Waals surface area contributed by atoms with Crippen molar-refractivity contribution in [1.82, 2.24) is 5.32 Å². The van der Waals surface area contributed by atoms with Gasteiger partial charge in [-0.05, 0) is 19.8 Å². The Bertz CT molecular complexity index is 209. The standard InChI is InChI=1S/C11H22N2O.BrH/c1-10(2)11(14)12-8-6-7-9-13(3,4)5;/h1,6-9H2,2-5H3;1H. The minimum absolute atomic E-state index is 0. The van der Waals surface area contributed by atoms with Gasteiger partial charge in [-0.1, -0.05) is 6.58 Å². The van der Waals surface area contributed by atoms with Crippen molar-refractivity contribution in [3.63, 3.8) is 0 Å². The number of rotatable bonds is 6. The number of hydrogen-bond donors (Lipinski definition) is 1. The van der Waals surface area contributed by atoms with E-state index in [-0.39, 0.29) is 22.9 Å². The molecule has 90 valence electrons. The lowest BCUT2D eigenvalue weighted by atomic mass is 10.2. The van der Waals surface area contributed by atoms with E-state index < -0.39 is 0 Å². The van der Waals surface area contributed by atoms with Crippen LogP contribution in [0.25, 0.3) is 0 Å². The quantitative estimate of drug-likeness (QED) is 0.346. The molecule has 0 bridgehead atoms. The molecule has 3 nitrogen and oxygen atoms in total. The zero-order valence-electron chi connectivity index (χ0n) is 10.3. The summed E-state index contributed by atoms with van der Waals surface area (Å²) < 4.78 is 0.981. The lowest BCUT2D eigenvalue weighted by Crippen LogP contribution is -3.00. The van der Waals surface area contributed by atoms with E-state index in [9.17, 15) is 4.79 Å². The summed E-state index contributed by atoms with van der Waals surface area (Å²) in [5.41, 5.74) is 0.580. The highest BCUT2D eigenvalue weighted by Gasteiger charge is 2.05. The predicted molar refractivity (Wildman–Crippen MR) is 60.0 cm³/mol. The van der Waals surface area contributed by atoms with Crippen LogP contribution in [0.3, 0.4) is 0 Å². The van der Waals surface area contributed by atoms with Gasteiger partial charge in [0.05, 0.1) is 27.7 Å². The van der Waals surface area contributed by atoms with Gasteiger partial charge >= 0.3 is 0 Å². The van der Waals surface area contributed by atoms with Gasteiger partial charge in [-0.25, -0.2) is 0 Å². The third kappa shape index (κ3) is 11.6. The molecule has 0 fully saturated rings. The van der Waals surface area contributed by atoms with Crippen LogP contribution >= 0.6 is 0 Å². The Balaban J connectivity index is 0. The third-order valence-corrected chi connectivity index (χ3v) is 1.93. The van der Waals surface area contributed by atoms with Crippen LogP contribution < -0.4 is 22.3 Å². The molecule has 0 saturated carbocycles. The Morgan fingerprint density at radius 3 is 2.20 bits per heavy atom. The minimum Gasteiger partial charge on any atom is -1.00 e. The number of nitrogens with one attached hydrogen (secondary N) is 1. The summed E-state index contributed by atoms with van der Waals surface area (Å²) in [6.45, 7) is 7.20. The Kier molecular flexibility index (Phi) is 8.96. The normalized spacial score (nSPS) is 10.4. The number of quaternary nitrogens is 1. The summed E-state index contributed by atoms with van der Waals surface area (Å²) in [4.78, 5) is 11.1. The average Bonchev–Trinajstić information content (AvgIpc) is 2.01. The Labute approximate surface area is 104 Å². The lowest BCUT2D eigenvalue weighted by Gasteiger charge is -2.23. The smallest absolute Gasteiger partial charge is 0.246 e. The number of carbonyl (C=O) groups is 1. The molecule has 0 aromatic carbocycles. The van der Waals surface area contributed by atoms with Gasteiger partial charge in [0.2, 0.25) is 5.91 Å². The van der Waals surface area contributed by atoms with Crippen LogP contribution in [0.2, 0.25) is 0 Å². The fourth-order valence-electron chi connectivity index (χ4n) is 1.06. The molecule has 0 radical (unpaired) electrons. The summed E-state index contributed by atoms with van der Waals surface area (Å²) in [6, 6.07) is 0. The van der Waals surface area contributed by atoms with Crippen LogP contribution in [0.5, 0.6) is 0 Å². The highest BCUT2D eigenvalue weighted by atomic mass is 79.9. The molecule has 4 heteroatoms. The third-order valence-electron chi connectivity index (χ3n) is 1.93. The van der Waals surface area contributed by atoms with Crippen molar-refractivity contribution in [2.75, 3.05) is 34.2 Å². The maximum absolute atomic E-state index is 11.1. The zero-order chi connectivity index (χ0) is 11.2. The molecule has 0 aliphatic carbocycles. The number of unbranched alkanes of at least 4 members (excludes halogenated alkanes) is 1. The average molecular weight is 279 g/mol. The molecular formula is C11H23BrN2O. The van der Waals surface area contributed by atoms with Gasteiger partial charge in [0.1, 0.15) is 0 Å². The van der Waals surface area contributed by atoms with Gasteiger partial charge in [0, 0.05) is 12.1 Å². The minimum atomic E-state index is -0.0322. The largest absolute Gasteiger partial charge is 1.00 e. The van der Waals surface area contributed by atoms with Crippen LogP contribution in [0.4, 0.5) is 0 Å². The summed E-state index contributed by atoms with van der Waals surface area (Å²) >= 11 is 0. The molecule has 0 rings (SSSR count). The second-order valence-corrected chi connectivity index (χ2v) is 4.76. The van der Waals surface area contributed by atoms with Crippen LogP contribution in [-0.2, 0) is 4.79 Å². The van der Waals surface area contributed by atoms with E-state index in [1.54, 1.807) is 6.92 Å². The number of halogens is 1. The predicted octanol–water partition coefficient (Wildman–Crippen LogP) is -1.83. The highest BCUT2D eigenvalue weighted by Crippen LogP contribution is 1.96. The van der Waals surface area contributed by atoms with Crippen molar-refractivity contribution >= 4 is 5.91 Å². The van der Waals surface area contributed by atoms with Crippen LogP contribution in [0, 0.1) is 0 Å². The Morgan fingerprint density at radius 2 is 1.80 bits per heavy atom. The maximum atomic E-state index is 11.1. The fourth-order valence-corrected chi connectivity index (χ4v) is 1.06. The van der Waals surface area contributed by atoms with Crippen molar-refractivity contribution in [3.05, 3.63) is 12.2 Å². The molecule has 0 aliphatic rings. The molecule has 0 spiro atoms. The Hall–Kier alpha value is -0.350. The van der Waals surface area contributed by atoms with Crippen molar-refractivity contribution in [2.24, 2.45) is 0 Å². The van der Waals surface area contributed by atoms with Gasteiger partial charge in [0.15, 0.2) is 0 Å². The van der Waals surface area contributed by atoms with Crippen molar-refractivity contribution in [1.29, 1.82) is 0 Å². The van der Waals surface area contributed by atoms with E-state index in [1.165, 1.54) is 0 Å². The topological polar surface area (TPSA) is 29.1 Å². The molecule has 0 aliphatic heterocycles. The number of carbonyl (C=O) groups excluding carboxylic acids is 1. The van der Waals surface area contributed by atoms with Gasteiger partial charge < -0.3 is 26.8 Å². The highest BCUT2D eigenvalue weighted by molar-refractivity contribution is 5.91. The molecule has 0 aromatic heterocycles. The zero-order valence-corrected chi connectivity index (χ0v) is 11.9. The first-order chi connectivity index (χ1) is 6.33. The van der Waals surface area contributed by atoms with E-state index >= 15 is 0 Å². The van der Waals surface area contributed by atoms with E-state index in [0.29, 0.717) is 5.57 Å². The van der Waals surface area contributed by atoms with E-state index in [0.717, 1.165) is 30.4 Å². The van der Waals surface area contributed by atoms with Gasteiger partial charge in [-0.3, -0.25) is 4.79 Å². The first-order valence-corrected chi connectivity index (χ1v) is 5.07. The SMILES string of the molecule is C=C(C)C(=O)NCCCC[N+](C)(C)C.[Br-]. The molecule has 1 N–H and O–H groups in total. The lowest BCUT2D eigenvalue weighted by molar-refractivity contribution is -0.870. The first kappa shape index (κ1) is 17.1. The van der Waals surface area contributed by atoms with Crippen LogP contribution in [-0.4, -0.2) is 44.6 Å². The summed E-state index contributed by atoms with van der Waals surface area (Å²) in [5, 5.41) is 2.82. The molecule has 15 heavy (non-hydrogen) atoms. The molecule has 0 unspecified atom stereocenters. The van der Waals surface area contributed by atoms with Crippen molar-refractivity contribution in [2.45, 2.75) is 19.8 Å². The molecule has 1 amide bonds. The molecule has 0 heterocycles. The van der Waals surface area contributed by atoms with Gasteiger partial charge in [0.25, 0.3) is 0 Å². The summed E-state index contributed by atoms with van der Waals surface area (Å²) in [6.07, 6.45) is 2.18. The molecule has 0 atom stereocenters. The van der Waals surface area contributed by atoms with Gasteiger partial charge in [-0.15, -0.1) is 0 Å². The van der Waals surface area contributed by atoms with Gasteiger partial charge in [-0.2, -0.15) is 0 Å². The van der Waals surface area contributed by atoms with E-state index in [4.69, 9.17) is 0 Å². The van der Waals surface area contributed by atoms with Crippen LogP contribution in [0.15, 0.2) is 12.2 Å². The molecule has 0 aromatic rings. The van der Waals surface area contributed by atoms with E-state index in [2.05, 4.69) is 33.0 Å². The number of hydrogen-bond acceptors (Lipinski definition) is 1. The maximum Gasteiger partial charge on any atom is 0.246 e. The van der Waals surface area contributed by atoms with Crippen molar-refractivity contribution < 1.29 is 26.3 Å². The summed E-state index contributed by atoms with van der Waals surface area (Å²) in [5.74, 6) is -0.0322. The molecular weight excluding hydrogens is 256 g/mol. The molecule has 0 saturated heterocycles. The van der Waals surface area contributed by atoms with Crippen LogP contribution in [0.1, 0.15) is 19.8 Å². The van der Waals surface area contributed by atoms with E-state index in [1.807, 2.05) is 0 Å². The fraction of sp³-hybridized carbons (Fsp3) is 0.727.